The summed E-state index contributed by atoms with van der Waals surface area (Å²) < 4.78 is 13.4. The van der Waals surface area contributed by atoms with Gasteiger partial charge in [-0.2, -0.15) is 0 Å². The lowest BCUT2D eigenvalue weighted by Crippen LogP contribution is -2.37. The number of halogens is 1. The van der Waals surface area contributed by atoms with Gasteiger partial charge in [-0.05, 0) is 61.4 Å². The molecule has 0 N–H and O–H groups in total. The van der Waals surface area contributed by atoms with Crippen LogP contribution in [0.1, 0.15) is 22.7 Å². The second kappa shape index (κ2) is 7.32. The van der Waals surface area contributed by atoms with E-state index in [1.807, 2.05) is 56.3 Å². The summed E-state index contributed by atoms with van der Waals surface area (Å²) in [6, 6.07) is 20.4. The Morgan fingerprint density at radius 1 is 0.839 bits per heavy atom. The number of nitrogens with zero attached hydrogens (tertiary/aromatic N) is 2. The molecule has 2 saturated heterocycles. The third kappa shape index (κ3) is 3.11. The Balaban J connectivity index is 1.61. The fraction of sp³-hybridized carbons (Fsp3) is 0.200. The molecule has 0 unspecified atom stereocenters. The molecule has 3 atom stereocenters. The van der Waals surface area contributed by atoms with Crippen molar-refractivity contribution in [3.63, 3.8) is 0 Å². The Morgan fingerprint density at radius 2 is 1.55 bits per heavy atom. The largest absolute Gasteiger partial charge is 0.273 e. The van der Waals surface area contributed by atoms with Gasteiger partial charge in [-0.25, -0.2) is 14.4 Å². The molecule has 31 heavy (non-hydrogen) atoms. The highest BCUT2D eigenvalue weighted by Crippen LogP contribution is 2.48. The fourth-order valence-corrected chi connectivity index (χ4v) is 4.53. The second-order valence-electron chi connectivity index (χ2n) is 8.01. The third-order valence-corrected chi connectivity index (χ3v) is 5.95. The summed E-state index contributed by atoms with van der Waals surface area (Å²) in [6.45, 7) is 4.01. The van der Waals surface area contributed by atoms with E-state index < -0.39 is 29.8 Å². The highest BCUT2D eigenvalue weighted by atomic mass is 19.1. The lowest BCUT2D eigenvalue weighted by molar-refractivity contribution is -0.126. The van der Waals surface area contributed by atoms with Gasteiger partial charge in [-0.15, -0.1) is 0 Å². The number of rotatable bonds is 3. The number of aryl methyl sites for hydroxylation is 2. The van der Waals surface area contributed by atoms with Gasteiger partial charge >= 0.3 is 0 Å². The van der Waals surface area contributed by atoms with Gasteiger partial charge in [0.1, 0.15) is 11.7 Å². The molecule has 0 spiro atoms. The minimum atomic E-state index is -0.941. The molecule has 0 saturated carbocycles. The van der Waals surface area contributed by atoms with Crippen LogP contribution in [-0.2, 0) is 14.4 Å². The molecule has 0 aliphatic carbocycles. The summed E-state index contributed by atoms with van der Waals surface area (Å²) in [7, 11) is 0. The second-order valence-corrected chi connectivity index (χ2v) is 8.01. The van der Waals surface area contributed by atoms with E-state index in [4.69, 9.17) is 4.84 Å². The van der Waals surface area contributed by atoms with E-state index >= 15 is 0 Å². The molecule has 5 nitrogen and oxygen atoms in total. The van der Waals surface area contributed by atoms with E-state index in [0.717, 1.165) is 27.3 Å². The van der Waals surface area contributed by atoms with Crippen LogP contribution >= 0.6 is 0 Å². The van der Waals surface area contributed by atoms with Crippen LogP contribution in [0.15, 0.2) is 72.8 Å². The predicted molar refractivity (Wildman–Crippen MR) is 115 cm³/mol. The first-order valence-electron chi connectivity index (χ1n) is 10.2. The van der Waals surface area contributed by atoms with E-state index in [0.29, 0.717) is 5.69 Å². The van der Waals surface area contributed by atoms with Gasteiger partial charge in [0.15, 0.2) is 6.10 Å². The van der Waals surface area contributed by atoms with Gasteiger partial charge in [0.05, 0.1) is 17.4 Å². The Morgan fingerprint density at radius 3 is 2.23 bits per heavy atom. The van der Waals surface area contributed by atoms with Gasteiger partial charge in [0.25, 0.3) is 5.91 Å². The van der Waals surface area contributed by atoms with Crippen molar-refractivity contribution in [2.75, 3.05) is 9.96 Å². The quantitative estimate of drug-likeness (QED) is 0.590. The third-order valence-electron chi connectivity index (χ3n) is 5.95. The Hall–Kier alpha value is -3.51. The Kier molecular flexibility index (Phi) is 4.59. The molecule has 2 aliphatic heterocycles. The molecular weight excluding hydrogens is 395 g/mol. The van der Waals surface area contributed by atoms with E-state index in [-0.39, 0.29) is 5.91 Å². The number of hydroxylamine groups is 1. The van der Waals surface area contributed by atoms with Crippen LogP contribution in [0.3, 0.4) is 0 Å². The average Bonchev–Trinajstić information content (AvgIpc) is 3.26. The van der Waals surface area contributed by atoms with Crippen LogP contribution in [-0.4, -0.2) is 17.9 Å². The summed E-state index contributed by atoms with van der Waals surface area (Å²) in [6.07, 6.45) is -0.941. The van der Waals surface area contributed by atoms with Crippen LogP contribution < -0.4 is 9.96 Å². The first-order chi connectivity index (χ1) is 15.0. The number of anilines is 2. The van der Waals surface area contributed by atoms with E-state index in [9.17, 15) is 14.0 Å². The highest BCUT2D eigenvalue weighted by Gasteiger charge is 2.60. The molecule has 0 bridgehead atoms. The number of para-hydroxylation sites is 1. The first-order valence-corrected chi connectivity index (χ1v) is 10.2. The number of fused-ring (bicyclic) bond motifs is 1. The lowest BCUT2D eigenvalue weighted by Gasteiger charge is -2.29. The van der Waals surface area contributed by atoms with Gasteiger partial charge in [-0.1, -0.05) is 42.0 Å². The summed E-state index contributed by atoms with van der Waals surface area (Å²) >= 11 is 0. The SMILES string of the molecule is Cc1ccc([C@H]2[C@H]3C(=O)N(c4ccc(F)cc4)C(=O)[C@H]3ON2c2ccccc2)c(C)c1. The molecule has 2 heterocycles. The van der Waals surface area contributed by atoms with Crippen LogP contribution in [0.4, 0.5) is 15.8 Å². The Bertz CT molecular complexity index is 1160. The van der Waals surface area contributed by atoms with Crippen LogP contribution in [0.5, 0.6) is 0 Å². The number of carbonyl (C=O) groups is 2. The minimum absolute atomic E-state index is 0.343. The van der Waals surface area contributed by atoms with Crippen molar-refractivity contribution in [1.82, 2.24) is 0 Å². The predicted octanol–water partition coefficient (Wildman–Crippen LogP) is 4.49. The van der Waals surface area contributed by atoms with E-state index in [1.54, 1.807) is 5.06 Å². The van der Waals surface area contributed by atoms with Gasteiger partial charge in [0, 0.05) is 0 Å². The first kappa shape index (κ1) is 19.5. The molecule has 156 valence electrons. The summed E-state index contributed by atoms with van der Waals surface area (Å²) in [5.74, 6) is -1.92. The zero-order valence-electron chi connectivity index (χ0n) is 17.2. The molecule has 2 amide bonds. The van der Waals surface area contributed by atoms with Crippen LogP contribution in [0.2, 0.25) is 0 Å². The standard InChI is InChI=1S/C25H21FN2O3/c1-15-8-13-20(16(2)14-15)22-21-23(31-28(22)19-6-4-3-5-7-19)25(30)27(24(21)29)18-11-9-17(26)10-12-18/h3-14,21-23H,1-2H3/t21-,22+,23+/m1/s1. The van der Waals surface area contributed by atoms with E-state index in [2.05, 4.69) is 6.07 Å². The van der Waals surface area contributed by atoms with Crippen molar-refractivity contribution < 1.29 is 18.8 Å². The van der Waals surface area contributed by atoms with Gasteiger partial charge < -0.3 is 0 Å². The van der Waals surface area contributed by atoms with Crippen molar-refractivity contribution in [2.24, 2.45) is 5.92 Å². The fourth-order valence-electron chi connectivity index (χ4n) is 4.53. The summed E-state index contributed by atoms with van der Waals surface area (Å²) in [5, 5.41) is 1.69. The Labute approximate surface area is 179 Å². The number of imide groups is 1. The van der Waals surface area contributed by atoms with Crippen molar-refractivity contribution >= 4 is 23.2 Å². The topological polar surface area (TPSA) is 49.9 Å². The normalized spacial score (nSPS) is 22.9. The zero-order chi connectivity index (χ0) is 21.7. The average molecular weight is 416 g/mol. The molecule has 3 aromatic carbocycles. The molecule has 6 heteroatoms. The smallest absolute Gasteiger partial charge is 0.266 e. The van der Waals surface area contributed by atoms with Crippen LogP contribution in [0.25, 0.3) is 0 Å². The number of amides is 2. The number of hydrogen-bond acceptors (Lipinski definition) is 4. The number of hydrogen-bond donors (Lipinski definition) is 0. The number of carbonyl (C=O) groups excluding carboxylic acids is 2. The number of benzene rings is 3. The maximum absolute atomic E-state index is 13.5. The lowest BCUT2D eigenvalue weighted by atomic mass is 9.87. The van der Waals surface area contributed by atoms with Gasteiger partial charge in [0.2, 0.25) is 5.91 Å². The molecule has 2 aliphatic rings. The monoisotopic (exact) mass is 416 g/mol. The minimum Gasteiger partial charge on any atom is -0.273 e. The van der Waals surface area contributed by atoms with Crippen molar-refractivity contribution in [1.29, 1.82) is 0 Å². The van der Waals surface area contributed by atoms with Crippen LogP contribution in [0, 0.1) is 25.6 Å². The molecule has 0 aromatic heterocycles. The van der Waals surface area contributed by atoms with E-state index in [1.165, 1.54) is 24.3 Å². The molecule has 3 aromatic rings. The van der Waals surface area contributed by atoms with Crippen molar-refractivity contribution in [3.05, 3.63) is 95.3 Å². The maximum Gasteiger partial charge on any atom is 0.266 e. The molecule has 0 radical (unpaired) electrons. The van der Waals surface area contributed by atoms with Crippen molar-refractivity contribution in [3.8, 4) is 0 Å². The summed E-state index contributed by atoms with van der Waals surface area (Å²) in [5.41, 5.74) is 4.19. The highest BCUT2D eigenvalue weighted by molar-refractivity contribution is 6.23. The zero-order valence-corrected chi connectivity index (χ0v) is 17.2. The van der Waals surface area contributed by atoms with Crippen molar-refractivity contribution in [2.45, 2.75) is 26.0 Å². The molecular formula is C25H21FN2O3. The van der Waals surface area contributed by atoms with Gasteiger partial charge in [-0.3, -0.25) is 14.4 Å². The molecule has 5 rings (SSSR count). The summed E-state index contributed by atoms with van der Waals surface area (Å²) in [4.78, 5) is 34.0. The maximum atomic E-state index is 13.5. The molecule has 2 fully saturated rings.